The Hall–Kier alpha value is -2.61. The summed E-state index contributed by atoms with van der Waals surface area (Å²) in [6, 6.07) is 13.6. The molecule has 0 unspecified atom stereocenters. The van der Waals surface area contributed by atoms with Gasteiger partial charge < -0.3 is 14.4 Å². The summed E-state index contributed by atoms with van der Waals surface area (Å²) in [6.45, 7) is 3.72. The predicted molar refractivity (Wildman–Crippen MR) is 127 cm³/mol. The van der Waals surface area contributed by atoms with E-state index in [4.69, 9.17) is 9.47 Å². The minimum Gasteiger partial charge on any atom is -0.493 e. The minimum absolute atomic E-state index is 0.138. The molecule has 8 heteroatoms. The summed E-state index contributed by atoms with van der Waals surface area (Å²) in [4.78, 5) is 13.9. The monoisotopic (exact) mass is 489 g/mol. The van der Waals surface area contributed by atoms with Crippen molar-refractivity contribution in [3.8, 4) is 5.75 Å². The number of benzene rings is 2. The second-order valence-electron chi connectivity index (χ2n) is 9.16. The van der Waals surface area contributed by atoms with Crippen molar-refractivity contribution >= 4 is 15.9 Å². The van der Waals surface area contributed by atoms with Crippen molar-refractivity contribution in [2.45, 2.75) is 44.1 Å². The van der Waals surface area contributed by atoms with Crippen LogP contribution in [0.15, 0.2) is 53.4 Å². The highest BCUT2D eigenvalue weighted by Gasteiger charge is 2.43. The summed E-state index contributed by atoms with van der Waals surface area (Å²) >= 11 is 0. The van der Waals surface area contributed by atoms with Gasteiger partial charge >= 0.3 is 6.09 Å². The fourth-order valence-corrected chi connectivity index (χ4v) is 5.75. The molecule has 0 aromatic heterocycles. The maximum atomic E-state index is 14.2. The molecule has 1 amide bonds. The minimum atomic E-state index is -3.58. The molecule has 1 saturated heterocycles. The van der Waals surface area contributed by atoms with E-state index in [1.807, 2.05) is 30.3 Å². The summed E-state index contributed by atoms with van der Waals surface area (Å²) in [7, 11) is -3.58. The quantitative estimate of drug-likeness (QED) is 0.492. The standard InChI is InChI=1S/C26H32FNO5S/c1-2-34(30,31)25-9-8-22(17-24(25)27)32-15-12-21-16-23(21)20-10-13-28(14-11-20)26(29)33-18-19-6-4-3-5-7-19/h3-9,17,20-21,23H,2,10-16,18H2,1H3/t21-,23-/m1/s1. The maximum Gasteiger partial charge on any atom is 0.410 e. The average Bonchev–Trinajstić information content (AvgIpc) is 3.63. The molecule has 0 radical (unpaired) electrons. The van der Waals surface area contributed by atoms with Gasteiger partial charge in [-0.25, -0.2) is 17.6 Å². The van der Waals surface area contributed by atoms with Crippen molar-refractivity contribution in [3.63, 3.8) is 0 Å². The van der Waals surface area contributed by atoms with E-state index < -0.39 is 15.7 Å². The Balaban J connectivity index is 1.15. The van der Waals surface area contributed by atoms with E-state index in [1.54, 1.807) is 4.90 Å². The maximum absolute atomic E-state index is 14.2. The molecule has 2 aliphatic rings. The van der Waals surface area contributed by atoms with Crippen molar-refractivity contribution in [1.29, 1.82) is 0 Å². The largest absolute Gasteiger partial charge is 0.493 e. The molecule has 1 heterocycles. The summed E-state index contributed by atoms with van der Waals surface area (Å²) < 4.78 is 49.0. The van der Waals surface area contributed by atoms with Crippen molar-refractivity contribution in [2.24, 2.45) is 17.8 Å². The lowest BCUT2D eigenvalue weighted by atomic mass is 9.91. The number of piperidine rings is 1. The average molecular weight is 490 g/mol. The van der Waals surface area contributed by atoms with Crippen LogP contribution < -0.4 is 4.74 Å². The predicted octanol–water partition coefficient (Wildman–Crippen LogP) is 5.07. The zero-order valence-electron chi connectivity index (χ0n) is 19.5. The van der Waals surface area contributed by atoms with Gasteiger partial charge in [0, 0.05) is 19.2 Å². The van der Waals surface area contributed by atoms with E-state index in [-0.39, 0.29) is 16.7 Å². The molecular weight excluding hydrogens is 457 g/mol. The lowest BCUT2D eigenvalue weighted by molar-refractivity contribution is 0.0796. The number of halogens is 1. The van der Waals surface area contributed by atoms with E-state index in [1.165, 1.54) is 19.1 Å². The first-order chi connectivity index (χ1) is 16.4. The van der Waals surface area contributed by atoms with Crippen molar-refractivity contribution in [1.82, 2.24) is 4.90 Å². The van der Waals surface area contributed by atoms with Crippen LogP contribution in [-0.2, 0) is 21.2 Å². The van der Waals surface area contributed by atoms with Crippen molar-refractivity contribution < 1.29 is 27.1 Å². The number of carbonyl (C=O) groups is 1. The molecule has 184 valence electrons. The lowest BCUT2D eigenvalue weighted by Crippen LogP contribution is -2.39. The van der Waals surface area contributed by atoms with Gasteiger partial charge in [0.15, 0.2) is 9.84 Å². The highest BCUT2D eigenvalue weighted by Crippen LogP contribution is 2.49. The van der Waals surface area contributed by atoms with E-state index >= 15 is 0 Å². The van der Waals surface area contributed by atoms with Crippen LogP contribution in [0.2, 0.25) is 0 Å². The zero-order chi connectivity index (χ0) is 24.1. The first-order valence-corrected chi connectivity index (χ1v) is 13.6. The number of carbonyl (C=O) groups excluding carboxylic acids is 1. The van der Waals surface area contributed by atoms with Gasteiger partial charge in [-0.3, -0.25) is 0 Å². The molecule has 34 heavy (non-hydrogen) atoms. The number of sulfone groups is 1. The van der Waals surface area contributed by atoms with Gasteiger partial charge in [-0.05, 0) is 61.1 Å². The van der Waals surface area contributed by atoms with Gasteiger partial charge in [0.2, 0.25) is 0 Å². The van der Waals surface area contributed by atoms with E-state index in [0.29, 0.717) is 36.7 Å². The first-order valence-electron chi connectivity index (χ1n) is 12.0. The van der Waals surface area contributed by atoms with E-state index in [9.17, 15) is 17.6 Å². The number of ether oxygens (including phenoxy) is 2. The molecular formula is C26H32FNO5S. The molecule has 2 fully saturated rings. The molecule has 0 spiro atoms. The number of rotatable bonds is 9. The van der Waals surface area contributed by atoms with Gasteiger partial charge in [-0.1, -0.05) is 37.3 Å². The third kappa shape index (κ3) is 6.09. The molecule has 1 aliphatic heterocycles. The van der Waals surface area contributed by atoms with Crippen molar-refractivity contribution in [2.75, 3.05) is 25.4 Å². The van der Waals surface area contributed by atoms with E-state index in [0.717, 1.165) is 50.4 Å². The summed E-state index contributed by atoms with van der Waals surface area (Å²) in [5.41, 5.74) is 0.985. The number of likely N-dealkylation sites (tertiary alicyclic amines) is 1. The Kier molecular flexibility index (Phi) is 7.76. The Morgan fingerprint density at radius 1 is 1.12 bits per heavy atom. The van der Waals surface area contributed by atoms with Crippen LogP contribution in [0, 0.1) is 23.6 Å². The molecule has 1 saturated carbocycles. The summed E-state index contributed by atoms with van der Waals surface area (Å²) in [5, 5.41) is 0. The van der Waals surface area contributed by atoms with Gasteiger partial charge in [-0.15, -0.1) is 0 Å². The van der Waals surface area contributed by atoms with Crippen LogP contribution in [-0.4, -0.2) is 44.9 Å². The number of nitrogens with zero attached hydrogens (tertiary/aromatic N) is 1. The molecule has 1 aliphatic carbocycles. The Morgan fingerprint density at radius 2 is 1.85 bits per heavy atom. The number of amides is 1. The molecule has 0 bridgehead atoms. The van der Waals surface area contributed by atoms with Crippen LogP contribution in [0.1, 0.15) is 38.2 Å². The molecule has 2 atom stereocenters. The van der Waals surface area contributed by atoms with Gasteiger partial charge in [0.05, 0.1) is 12.4 Å². The normalized spacial score (nSPS) is 20.7. The molecule has 0 N–H and O–H groups in total. The Bertz CT molecular complexity index is 1080. The Labute approximate surface area is 201 Å². The molecule has 6 nitrogen and oxygen atoms in total. The highest BCUT2D eigenvalue weighted by molar-refractivity contribution is 7.91. The van der Waals surface area contributed by atoms with Crippen LogP contribution in [0.3, 0.4) is 0 Å². The van der Waals surface area contributed by atoms with Crippen LogP contribution in [0.4, 0.5) is 9.18 Å². The van der Waals surface area contributed by atoms with Gasteiger partial charge in [0.1, 0.15) is 23.1 Å². The summed E-state index contributed by atoms with van der Waals surface area (Å²) in [6.07, 6.45) is 3.78. The first kappa shape index (κ1) is 24.5. The van der Waals surface area contributed by atoms with E-state index in [2.05, 4.69) is 0 Å². The fourth-order valence-electron chi connectivity index (χ4n) is 4.81. The second-order valence-corrected chi connectivity index (χ2v) is 11.4. The second kappa shape index (κ2) is 10.8. The molecule has 4 rings (SSSR count). The third-order valence-electron chi connectivity index (χ3n) is 6.96. The van der Waals surface area contributed by atoms with Crippen molar-refractivity contribution in [3.05, 3.63) is 59.9 Å². The van der Waals surface area contributed by atoms with Crippen LogP contribution in [0.25, 0.3) is 0 Å². The number of hydrogen-bond acceptors (Lipinski definition) is 5. The van der Waals surface area contributed by atoms with Gasteiger partial charge in [-0.2, -0.15) is 0 Å². The topological polar surface area (TPSA) is 72.9 Å². The summed E-state index contributed by atoms with van der Waals surface area (Å²) in [5.74, 6) is 1.30. The Morgan fingerprint density at radius 3 is 2.53 bits per heavy atom. The smallest absolute Gasteiger partial charge is 0.410 e. The van der Waals surface area contributed by atoms with Crippen LogP contribution >= 0.6 is 0 Å². The fraction of sp³-hybridized carbons (Fsp3) is 0.500. The molecule has 2 aromatic rings. The highest BCUT2D eigenvalue weighted by atomic mass is 32.2. The van der Waals surface area contributed by atoms with Crippen LogP contribution in [0.5, 0.6) is 5.75 Å². The third-order valence-corrected chi connectivity index (χ3v) is 8.72. The number of hydrogen-bond donors (Lipinski definition) is 0. The lowest BCUT2D eigenvalue weighted by Gasteiger charge is -2.31. The molecule has 2 aromatic carbocycles. The SMILES string of the molecule is CCS(=O)(=O)c1ccc(OCC[C@@H]2C[C@@H]2C2CCN(C(=O)OCc3ccccc3)CC2)cc1F. The van der Waals surface area contributed by atoms with Gasteiger partial charge in [0.25, 0.3) is 0 Å². The zero-order valence-corrected chi connectivity index (χ0v) is 20.3.